The van der Waals surface area contributed by atoms with E-state index in [1.54, 1.807) is 41.9 Å². The second-order valence-corrected chi connectivity index (χ2v) is 7.96. The van der Waals surface area contributed by atoms with E-state index in [0.717, 1.165) is 35.8 Å². The summed E-state index contributed by atoms with van der Waals surface area (Å²) in [4.78, 5) is 14.3. The lowest BCUT2D eigenvalue weighted by atomic mass is 10.2. The van der Waals surface area contributed by atoms with Gasteiger partial charge >= 0.3 is 0 Å². The number of guanidine groups is 1. The number of benzene rings is 1. The summed E-state index contributed by atoms with van der Waals surface area (Å²) >= 11 is 1.72. The molecule has 0 aliphatic heterocycles. The number of thiazole rings is 1. The molecule has 3 aromatic rings. The fourth-order valence-electron chi connectivity index (χ4n) is 2.71. The molecular weight excluding hydrogens is 401 g/mol. The van der Waals surface area contributed by atoms with Crippen LogP contribution in [-0.4, -0.2) is 29.0 Å². The summed E-state index contributed by atoms with van der Waals surface area (Å²) < 4.78 is 19.9. The van der Waals surface area contributed by atoms with Gasteiger partial charge in [0.15, 0.2) is 17.5 Å². The quantitative estimate of drug-likeness (QED) is 0.412. The van der Waals surface area contributed by atoms with E-state index >= 15 is 0 Å². The standard InChI is InChI=1S/C22H26FN5OS/c1-4-25-22(26-11-9-21-28-15(2)16(3)30-21)27-13-17-7-8-20(19(23)12-17)29-18-6-5-10-24-14-18/h5-8,10,12,14H,4,9,11,13H2,1-3H3,(H2,25,26,27). The molecule has 0 aliphatic carbocycles. The SMILES string of the molecule is CCNC(=NCc1ccc(Oc2cccnc2)c(F)c1)NCCc1nc(C)c(C)s1. The van der Waals surface area contributed by atoms with Crippen LogP contribution in [0.15, 0.2) is 47.7 Å². The Morgan fingerprint density at radius 1 is 1.23 bits per heavy atom. The lowest BCUT2D eigenvalue weighted by molar-refractivity contribution is 0.440. The highest BCUT2D eigenvalue weighted by molar-refractivity contribution is 7.11. The number of rotatable bonds is 8. The van der Waals surface area contributed by atoms with Gasteiger partial charge in [0.2, 0.25) is 0 Å². The number of halogens is 1. The average molecular weight is 428 g/mol. The van der Waals surface area contributed by atoms with E-state index in [-0.39, 0.29) is 5.75 Å². The molecule has 0 aliphatic rings. The second kappa shape index (κ2) is 10.7. The maximum absolute atomic E-state index is 14.4. The minimum atomic E-state index is -0.431. The Kier molecular flexibility index (Phi) is 7.73. The van der Waals surface area contributed by atoms with E-state index in [4.69, 9.17) is 4.74 Å². The van der Waals surface area contributed by atoms with E-state index in [1.165, 1.54) is 10.9 Å². The number of aryl methyl sites for hydroxylation is 2. The zero-order chi connectivity index (χ0) is 21.3. The summed E-state index contributed by atoms with van der Waals surface area (Å²) in [5.74, 6) is 0.916. The summed E-state index contributed by atoms with van der Waals surface area (Å²) in [7, 11) is 0. The molecule has 0 fully saturated rings. The van der Waals surface area contributed by atoms with Crippen LogP contribution < -0.4 is 15.4 Å². The van der Waals surface area contributed by atoms with Crippen LogP contribution in [0, 0.1) is 19.7 Å². The molecular formula is C22H26FN5OS. The highest BCUT2D eigenvalue weighted by Gasteiger charge is 2.07. The Hall–Kier alpha value is -3.00. The van der Waals surface area contributed by atoms with Crippen LogP contribution in [0.2, 0.25) is 0 Å². The van der Waals surface area contributed by atoms with Gasteiger partial charge < -0.3 is 15.4 Å². The van der Waals surface area contributed by atoms with Crippen molar-refractivity contribution in [1.29, 1.82) is 0 Å². The first-order valence-corrected chi connectivity index (χ1v) is 10.7. The number of aromatic nitrogens is 2. The van der Waals surface area contributed by atoms with Crippen molar-refractivity contribution in [2.45, 2.75) is 33.7 Å². The second-order valence-electron chi connectivity index (χ2n) is 6.68. The summed E-state index contributed by atoms with van der Waals surface area (Å²) in [6.07, 6.45) is 4.01. The zero-order valence-electron chi connectivity index (χ0n) is 17.4. The predicted octanol–water partition coefficient (Wildman–Crippen LogP) is 4.38. The molecule has 0 atom stereocenters. The molecule has 0 saturated heterocycles. The Bertz CT molecular complexity index is 971. The van der Waals surface area contributed by atoms with Gasteiger partial charge in [-0.25, -0.2) is 14.4 Å². The van der Waals surface area contributed by atoms with Crippen molar-refractivity contribution in [2.24, 2.45) is 4.99 Å². The molecule has 0 amide bonds. The van der Waals surface area contributed by atoms with E-state index in [2.05, 4.69) is 32.5 Å². The number of ether oxygens (including phenoxy) is 1. The predicted molar refractivity (Wildman–Crippen MR) is 119 cm³/mol. The van der Waals surface area contributed by atoms with E-state index in [1.807, 2.05) is 19.9 Å². The molecule has 6 nitrogen and oxygen atoms in total. The summed E-state index contributed by atoms with van der Waals surface area (Å²) in [5.41, 5.74) is 1.85. The topological polar surface area (TPSA) is 71.4 Å². The van der Waals surface area contributed by atoms with Crippen LogP contribution in [0.1, 0.15) is 28.1 Å². The third kappa shape index (κ3) is 6.25. The van der Waals surface area contributed by atoms with Gasteiger partial charge in [0.1, 0.15) is 5.75 Å². The van der Waals surface area contributed by atoms with Gasteiger partial charge in [-0.1, -0.05) is 6.07 Å². The first-order chi connectivity index (χ1) is 14.5. The van der Waals surface area contributed by atoms with Crippen LogP contribution >= 0.6 is 11.3 Å². The Labute approximate surface area is 180 Å². The first kappa shape index (κ1) is 21.7. The molecule has 2 N–H and O–H groups in total. The van der Waals surface area contributed by atoms with Crippen molar-refractivity contribution in [1.82, 2.24) is 20.6 Å². The third-order valence-corrected chi connectivity index (χ3v) is 5.46. The average Bonchev–Trinajstić information content (AvgIpc) is 3.06. The minimum Gasteiger partial charge on any atom is -0.453 e. The van der Waals surface area contributed by atoms with E-state index < -0.39 is 5.82 Å². The zero-order valence-corrected chi connectivity index (χ0v) is 18.2. The molecule has 0 spiro atoms. The fourth-order valence-corrected chi connectivity index (χ4v) is 3.64. The Morgan fingerprint density at radius 2 is 2.10 bits per heavy atom. The first-order valence-electron chi connectivity index (χ1n) is 9.86. The van der Waals surface area contributed by atoms with Crippen molar-refractivity contribution in [3.05, 3.63) is 69.7 Å². The van der Waals surface area contributed by atoms with Crippen molar-refractivity contribution in [2.75, 3.05) is 13.1 Å². The van der Waals surface area contributed by atoms with Crippen LogP contribution in [0.25, 0.3) is 0 Å². The molecule has 0 unspecified atom stereocenters. The number of pyridine rings is 1. The van der Waals surface area contributed by atoms with E-state index in [0.29, 0.717) is 18.3 Å². The summed E-state index contributed by atoms with van der Waals surface area (Å²) in [5, 5.41) is 7.63. The molecule has 0 bridgehead atoms. The van der Waals surface area contributed by atoms with Crippen LogP contribution in [-0.2, 0) is 13.0 Å². The van der Waals surface area contributed by atoms with Gasteiger partial charge in [-0.3, -0.25) is 4.98 Å². The minimum absolute atomic E-state index is 0.162. The number of nitrogens with one attached hydrogen (secondary N) is 2. The fraction of sp³-hybridized carbons (Fsp3) is 0.318. The molecule has 158 valence electrons. The van der Waals surface area contributed by atoms with Gasteiger partial charge in [0, 0.05) is 30.6 Å². The lowest BCUT2D eigenvalue weighted by Crippen LogP contribution is -2.38. The third-order valence-electron chi connectivity index (χ3n) is 4.33. The van der Waals surface area contributed by atoms with Crippen LogP contribution in [0.4, 0.5) is 4.39 Å². The van der Waals surface area contributed by atoms with E-state index in [9.17, 15) is 4.39 Å². The Morgan fingerprint density at radius 3 is 2.77 bits per heavy atom. The summed E-state index contributed by atoms with van der Waals surface area (Å²) in [6.45, 7) is 7.95. The summed E-state index contributed by atoms with van der Waals surface area (Å²) in [6, 6.07) is 8.33. The Balaban J connectivity index is 1.57. The van der Waals surface area contributed by atoms with Crippen molar-refractivity contribution in [3.8, 4) is 11.5 Å². The molecule has 8 heteroatoms. The molecule has 0 saturated carbocycles. The largest absolute Gasteiger partial charge is 0.453 e. The monoisotopic (exact) mass is 427 g/mol. The number of aliphatic imine (C=N–C) groups is 1. The molecule has 0 radical (unpaired) electrons. The molecule has 2 aromatic heterocycles. The maximum Gasteiger partial charge on any atom is 0.191 e. The van der Waals surface area contributed by atoms with Crippen molar-refractivity contribution in [3.63, 3.8) is 0 Å². The highest BCUT2D eigenvalue weighted by atomic mass is 32.1. The molecule has 30 heavy (non-hydrogen) atoms. The maximum atomic E-state index is 14.4. The van der Waals surface area contributed by atoms with Gasteiger partial charge in [-0.2, -0.15) is 0 Å². The van der Waals surface area contributed by atoms with Gasteiger partial charge in [-0.05, 0) is 50.6 Å². The lowest BCUT2D eigenvalue weighted by Gasteiger charge is -2.11. The highest BCUT2D eigenvalue weighted by Crippen LogP contribution is 2.24. The number of hydrogen-bond acceptors (Lipinski definition) is 5. The smallest absolute Gasteiger partial charge is 0.191 e. The van der Waals surface area contributed by atoms with Gasteiger partial charge in [0.25, 0.3) is 0 Å². The molecule has 3 rings (SSSR count). The van der Waals surface area contributed by atoms with Gasteiger partial charge in [-0.15, -0.1) is 11.3 Å². The number of hydrogen-bond donors (Lipinski definition) is 2. The van der Waals surface area contributed by atoms with Crippen LogP contribution in [0.5, 0.6) is 11.5 Å². The molecule has 2 heterocycles. The van der Waals surface area contributed by atoms with Gasteiger partial charge in [0.05, 0.1) is 23.4 Å². The number of nitrogens with zero attached hydrogens (tertiary/aromatic N) is 3. The van der Waals surface area contributed by atoms with Crippen molar-refractivity contribution >= 4 is 17.3 Å². The normalized spacial score (nSPS) is 11.4. The van der Waals surface area contributed by atoms with Crippen molar-refractivity contribution < 1.29 is 9.13 Å². The molecule has 1 aromatic carbocycles. The van der Waals surface area contributed by atoms with Crippen LogP contribution in [0.3, 0.4) is 0 Å².